The quantitative estimate of drug-likeness (QED) is 0.634. The second-order valence-electron chi connectivity index (χ2n) is 3.82. The second kappa shape index (κ2) is 6.53. The Kier molecular flexibility index (Phi) is 6.54. The van der Waals surface area contributed by atoms with Crippen LogP contribution >= 0.6 is 0 Å². The van der Waals surface area contributed by atoms with E-state index in [9.17, 15) is 0 Å². The van der Waals surface area contributed by atoms with Gasteiger partial charge >= 0.3 is 34.6 Å². The van der Waals surface area contributed by atoms with Crippen LogP contribution in [-0.4, -0.2) is 19.8 Å². The molecule has 0 aliphatic rings. The summed E-state index contributed by atoms with van der Waals surface area (Å²) in [6.45, 7) is 4.24. The second-order valence-corrected chi connectivity index (χ2v) is 13.7. The predicted molar refractivity (Wildman–Crippen MR) is 60.7 cm³/mol. The molecular weight excluding hydrogens is 251 g/mol. The Balaban J connectivity index is 0.000000261. The molecule has 0 nitrogen and oxygen atoms in total. The molecule has 1 aromatic carbocycles. The van der Waals surface area contributed by atoms with E-state index >= 15 is 0 Å². The predicted octanol–water partition coefficient (Wildman–Crippen LogP) is 3.41. The number of benzene rings is 1. The van der Waals surface area contributed by atoms with E-state index in [0.717, 1.165) is 0 Å². The van der Waals surface area contributed by atoms with Crippen LogP contribution in [0.3, 0.4) is 0 Å². The molecule has 0 aromatic heterocycles. The van der Waals surface area contributed by atoms with E-state index in [1.54, 1.807) is 0 Å². The molecule has 1 rings (SSSR count). The normalized spacial score (nSPS) is 9.17. The third-order valence-electron chi connectivity index (χ3n) is 1.43. The molecular formula is C11H20Sn. The summed E-state index contributed by atoms with van der Waals surface area (Å²) in [4.78, 5) is 7.13. The Morgan fingerprint density at radius 1 is 0.833 bits per heavy atom. The summed E-state index contributed by atoms with van der Waals surface area (Å²) in [7, 11) is 0. The fourth-order valence-corrected chi connectivity index (χ4v) is 0.663. The first kappa shape index (κ1) is 12.0. The van der Waals surface area contributed by atoms with Crippen molar-refractivity contribution in [3.8, 4) is 0 Å². The van der Waals surface area contributed by atoms with E-state index in [4.69, 9.17) is 0 Å². The van der Waals surface area contributed by atoms with Crippen LogP contribution in [-0.2, 0) is 0 Å². The molecule has 0 N–H and O–H groups in total. The van der Waals surface area contributed by atoms with Gasteiger partial charge in [-0.2, -0.15) is 0 Å². The van der Waals surface area contributed by atoms with E-state index in [1.165, 1.54) is 11.1 Å². The average molecular weight is 271 g/mol. The van der Waals surface area contributed by atoms with Crippen molar-refractivity contribution in [1.29, 1.82) is 0 Å². The van der Waals surface area contributed by atoms with Crippen molar-refractivity contribution in [3.05, 3.63) is 35.4 Å². The first-order valence-corrected chi connectivity index (χ1v) is 14.4. The van der Waals surface area contributed by atoms with Crippen LogP contribution in [0.5, 0.6) is 0 Å². The Morgan fingerprint density at radius 2 is 1.08 bits per heavy atom. The zero-order valence-corrected chi connectivity index (χ0v) is 12.2. The van der Waals surface area contributed by atoms with Crippen LogP contribution in [0.4, 0.5) is 0 Å². The molecule has 0 atom stereocenters. The van der Waals surface area contributed by atoms with Crippen molar-refractivity contribution >= 4 is 19.8 Å². The first-order chi connectivity index (χ1) is 5.54. The van der Waals surface area contributed by atoms with Gasteiger partial charge in [-0.25, -0.2) is 0 Å². The standard InChI is InChI=1S/C8H10.3CH3.Sn.H/c1-7-5-3-4-6-8(7)2;;;;;/h3-6H,1-2H3;3*1H3;;. The topological polar surface area (TPSA) is 0 Å². The van der Waals surface area contributed by atoms with Crippen LogP contribution in [0.25, 0.3) is 0 Å². The van der Waals surface area contributed by atoms with Gasteiger partial charge in [0.15, 0.2) is 0 Å². The molecule has 0 amide bonds. The van der Waals surface area contributed by atoms with Gasteiger partial charge in [-0.15, -0.1) is 0 Å². The maximum atomic E-state index is 2.38. The van der Waals surface area contributed by atoms with Crippen molar-refractivity contribution < 1.29 is 0 Å². The summed E-state index contributed by atoms with van der Waals surface area (Å²) in [5.74, 6) is 0. The van der Waals surface area contributed by atoms with Crippen LogP contribution in [0.2, 0.25) is 14.8 Å². The zero-order chi connectivity index (χ0) is 9.56. The number of hydrogen-bond donors (Lipinski definition) is 0. The van der Waals surface area contributed by atoms with Gasteiger partial charge < -0.3 is 0 Å². The summed E-state index contributed by atoms with van der Waals surface area (Å²) in [5.41, 5.74) is 2.74. The van der Waals surface area contributed by atoms with E-state index in [1.807, 2.05) is 0 Å². The minimum atomic E-state index is -0.637. The Hall–Kier alpha value is 0.0187. The van der Waals surface area contributed by atoms with Gasteiger partial charge in [-0.1, -0.05) is 24.3 Å². The number of rotatable bonds is 0. The average Bonchev–Trinajstić information content (AvgIpc) is 1.94. The van der Waals surface area contributed by atoms with E-state index in [-0.39, 0.29) is 0 Å². The fourth-order valence-electron chi connectivity index (χ4n) is 0.663. The van der Waals surface area contributed by atoms with Gasteiger partial charge in [0.05, 0.1) is 0 Å². The third kappa shape index (κ3) is 6.71. The number of aryl methyl sites for hydroxylation is 2. The zero-order valence-electron chi connectivity index (χ0n) is 8.89. The van der Waals surface area contributed by atoms with Gasteiger partial charge in [0, 0.05) is 0 Å². The third-order valence-corrected chi connectivity index (χ3v) is 1.43. The summed E-state index contributed by atoms with van der Waals surface area (Å²) in [6.07, 6.45) is 0. The molecule has 0 fully saturated rings. The molecule has 1 aromatic rings. The molecule has 0 aliphatic heterocycles. The first-order valence-electron chi connectivity index (χ1n) is 4.56. The van der Waals surface area contributed by atoms with Gasteiger partial charge in [0.1, 0.15) is 0 Å². The summed E-state index contributed by atoms with van der Waals surface area (Å²) < 4.78 is 0. The Bertz CT molecular complexity index is 192. The number of hydrogen-bond acceptors (Lipinski definition) is 0. The summed E-state index contributed by atoms with van der Waals surface area (Å²) in [5, 5.41) is 0. The molecule has 0 saturated heterocycles. The summed E-state index contributed by atoms with van der Waals surface area (Å²) >= 11 is -0.637. The SMILES string of the molecule is Cc1ccccc1C.[CH3][SnH]([CH3])[CH3]. The molecule has 0 saturated carbocycles. The fraction of sp³-hybridized carbons (Fsp3) is 0.455. The van der Waals surface area contributed by atoms with Gasteiger partial charge in [0.25, 0.3) is 0 Å². The Labute approximate surface area is 83.7 Å². The minimum absolute atomic E-state index is 0.637. The van der Waals surface area contributed by atoms with Crippen molar-refractivity contribution in [3.63, 3.8) is 0 Å². The van der Waals surface area contributed by atoms with Crippen LogP contribution in [0.1, 0.15) is 11.1 Å². The van der Waals surface area contributed by atoms with E-state index in [0.29, 0.717) is 0 Å². The molecule has 12 heavy (non-hydrogen) atoms. The van der Waals surface area contributed by atoms with E-state index in [2.05, 4.69) is 52.9 Å². The van der Waals surface area contributed by atoms with Crippen molar-refractivity contribution in [2.45, 2.75) is 28.7 Å². The van der Waals surface area contributed by atoms with Crippen LogP contribution < -0.4 is 0 Å². The molecule has 68 valence electrons. The molecule has 0 aliphatic carbocycles. The van der Waals surface area contributed by atoms with Gasteiger partial charge in [0.2, 0.25) is 0 Å². The van der Waals surface area contributed by atoms with Crippen molar-refractivity contribution in [1.82, 2.24) is 0 Å². The molecule has 1 heteroatoms. The van der Waals surface area contributed by atoms with Gasteiger partial charge in [-0.3, -0.25) is 0 Å². The van der Waals surface area contributed by atoms with Crippen molar-refractivity contribution in [2.24, 2.45) is 0 Å². The van der Waals surface area contributed by atoms with Crippen LogP contribution in [0.15, 0.2) is 24.3 Å². The van der Waals surface area contributed by atoms with E-state index < -0.39 is 19.8 Å². The molecule has 0 bridgehead atoms. The Morgan fingerprint density at radius 3 is 1.25 bits per heavy atom. The monoisotopic (exact) mass is 272 g/mol. The van der Waals surface area contributed by atoms with Crippen molar-refractivity contribution in [2.75, 3.05) is 0 Å². The molecule has 0 heterocycles. The maximum absolute atomic E-state index is 2.38. The summed E-state index contributed by atoms with van der Waals surface area (Å²) in [6, 6.07) is 8.36. The molecule has 0 radical (unpaired) electrons. The van der Waals surface area contributed by atoms with Gasteiger partial charge in [-0.05, 0) is 25.0 Å². The molecule has 0 unspecified atom stereocenters. The molecule has 0 spiro atoms. The van der Waals surface area contributed by atoms with Crippen LogP contribution in [0, 0.1) is 13.8 Å².